The SMILES string of the molecule is CNc1cccc(-c2nc(C(=O)O)cs2)c1. The summed E-state index contributed by atoms with van der Waals surface area (Å²) in [4.78, 5) is 14.7. The van der Waals surface area contributed by atoms with E-state index in [4.69, 9.17) is 5.11 Å². The molecule has 0 aliphatic heterocycles. The first-order chi connectivity index (χ1) is 7.70. The molecule has 1 aromatic heterocycles. The fourth-order valence-corrected chi connectivity index (χ4v) is 2.10. The number of carboxylic acid groups (broad SMARTS) is 1. The minimum Gasteiger partial charge on any atom is -0.476 e. The van der Waals surface area contributed by atoms with Gasteiger partial charge in [-0.2, -0.15) is 0 Å². The van der Waals surface area contributed by atoms with Crippen LogP contribution in [-0.4, -0.2) is 23.1 Å². The lowest BCUT2D eigenvalue weighted by molar-refractivity contribution is 0.0691. The van der Waals surface area contributed by atoms with E-state index in [2.05, 4.69) is 10.3 Å². The second kappa shape index (κ2) is 4.32. The van der Waals surface area contributed by atoms with Crippen LogP contribution >= 0.6 is 11.3 Å². The van der Waals surface area contributed by atoms with Crippen LogP contribution in [0.4, 0.5) is 5.69 Å². The average molecular weight is 234 g/mol. The van der Waals surface area contributed by atoms with Crippen molar-refractivity contribution in [2.75, 3.05) is 12.4 Å². The summed E-state index contributed by atoms with van der Waals surface area (Å²) in [6, 6.07) is 7.69. The number of nitrogens with one attached hydrogen (secondary N) is 1. The lowest BCUT2D eigenvalue weighted by Gasteiger charge is -2.01. The summed E-state index contributed by atoms with van der Waals surface area (Å²) in [5, 5.41) is 14.1. The first kappa shape index (κ1) is 10.6. The number of rotatable bonds is 3. The Kier molecular flexibility index (Phi) is 2.87. The lowest BCUT2D eigenvalue weighted by Crippen LogP contribution is -1.95. The third-order valence-electron chi connectivity index (χ3n) is 2.12. The monoisotopic (exact) mass is 234 g/mol. The summed E-state index contributed by atoms with van der Waals surface area (Å²) < 4.78 is 0. The van der Waals surface area contributed by atoms with Gasteiger partial charge in [-0.25, -0.2) is 9.78 Å². The van der Waals surface area contributed by atoms with Crippen molar-refractivity contribution in [3.63, 3.8) is 0 Å². The largest absolute Gasteiger partial charge is 0.476 e. The molecule has 1 aromatic carbocycles. The van der Waals surface area contributed by atoms with E-state index in [0.29, 0.717) is 0 Å². The van der Waals surface area contributed by atoms with Gasteiger partial charge in [0.05, 0.1) is 0 Å². The van der Waals surface area contributed by atoms with Crippen LogP contribution in [0.5, 0.6) is 0 Å². The fraction of sp³-hybridized carbons (Fsp3) is 0.0909. The molecule has 0 aliphatic rings. The van der Waals surface area contributed by atoms with Crippen molar-refractivity contribution in [2.24, 2.45) is 0 Å². The average Bonchev–Trinajstić information content (AvgIpc) is 2.78. The minimum atomic E-state index is -0.993. The Morgan fingerprint density at radius 3 is 2.94 bits per heavy atom. The second-order valence-corrected chi connectivity index (χ2v) is 4.03. The van der Waals surface area contributed by atoms with Crippen molar-refractivity contribution < 1.29 is 9.90 Å². The molecule has 2 aromatic rings. The second-order valence-electron chi connectivity index (χ2n) is 3.17. The molecule has 0 spiro atoms. The Balaban J connectivity index is 2.38. The zero-order chi connectivity index (χ0) is 11.5. The molecule has 2 rings (SSSR count). The summed E-state index contributed by atoms with van der Waals surface area (Å²) in [5.41, 5.74) is 1.99. The van der Waals surface area contributed by atoms with Crippen molar-refractivity contribution in [1.29, 1.82) is 0 Å². The molecule has 0 atom stereocenters. The maximum absolute atomic E-state index is 10.7. The normalized spacial score (nSPS) is 10.1. The summed E-state index contributed by atoms with van der Waals surface area (Å²) in [7, 11) is 1.84. The molecule has 0 fully saturated rings. The van der Waals surface area contributed by atoms with Crippen LogP contribution in [0.25, 0.3) is 10.6 Å². The Labute approximate surface area is 96.6 Å². The van der Waals surface area contributed by atoms with Gasteiger partial charge < -0.3 is 10.4 Å². The van der Waals surface area contributed by atoms with Crippen LogP contribution in [0.1, 0.15) is 10.5 Å². The number of anilines is 1. The number of benzene rings is 1. The first-order valence-electron chi connectivity index (χ1n) is 4.67. The van der Waals surface area contributed by atoms with Crippen LogP contribution in [0, 0.1) is 0 Å². The van der Waals surface area contributed by atoms with Gasteiger partial charge in [-0.1, -0.05) is 12.1 Å². The van der Waals surface area contributed by atoms with E-state index in [1.807, 2.05) is 31.3 Å². The highest BCUT2D eigenvalue weighted by Gasteiger charge is 2.09. The quantitative estimate of drug-likeness (QED) is 0.856. The number of aromatic carboxylic acids is 1. The number of aromatic nitrogens is 1. The van der Waals surface area contributed by atoms with Crippen molar-refractivity contribution in [3.05, 3.63) is 35.3 Å². The predicted molar refractivity (Wildman–Crippen MR) is 64.1 cm³/mol. The van der Waals surface area contributed by atoms with E-state index in [0.717, 1.165) is 16.3 Å². The Bertz CT molecular complexity index is 522. The summed E-state index contributed by atoms with van der Waals surface area (Å²) >= 11 is 1.33. The Morgan fingerprint density at radius 2 is 2.31 bits per heavy atom. The highest BCUT2D eigenvalue weighted by Crippen LogP contribution is 2.25. The number of hydrogen-bond acceptors (Lipinski definition) is 4. The van der Waals surface area contributed by atoms with Crippen molar-refractivity contribution in [1.82, 2.24) is 4.98 Å². The Morgan fingerprint density at radius 1 is 1.50 bits per heavy atom. The van der Waals surface area contributed by atoms with Gasteiger partial charge >= 0.3 is 5.97 Å². The van der Waals surface area contributed by atoms with Crippen LogP contribution in [-0.2, 0) is 0 Å². The highest BCUT2D eigenvalue weighted by molar-refractivity contribution is 7.13. The zero-order valence-electron chi connectivity index (χ0n) is 8.60. The number of carboxylic acids is 1. The predicted octanol–water partition coefficient (Wildman–Crippen LogP) is 2.55. The van der Waals surface area contributed by atoms with Gasteiger partial charge in [-0.3, -0.25) is 0 Å². The van der Waals surface area contributed by atoms with Crippen molar-refractivity contribution in [3.8, 4) is 10.6 Å². The molecule has 0 bridgehead atoms. The lowest BCUT2D eigenvalue weighted by atomic mass is 10.2. The fourth-order valence-electron chi connectivity index (χ4n) is 1.31. The van der Waals surface area contributed by atoms with Crippen molar-refractivity contribution >= 4 is 23.0 Å². The molecule has 0 unspecified atom stereocenters. The summed E-state index contributed by atoms with van der Waals surface area (Å²) in [6.45, 7) is 0. The van der Waals surface area contributed by atoms with Gasteiger partial charge in [0.15, 0.2) is 5.69 Å². The van der Waals surface area contributed by atoms with Crippen molar-refractivity contribution in [2.45, 2.75) is 0 Å². The third-order valence-corrected chi connectivity index (χ3v) is 3.01. The van der Waals surface area contributed by atoms with Gasteiger partial charge in [0.2, 0.25) is 0 Å². The highest BCUT2D eigenvalue weighted by atomic mass is 32.1. The van der Waals surface area contributed by atoms with Crippen LogP contribution < -0.4 is 5.32 Å². The van der Waals surface area contributed by atoms with E-state index < -0.39 is 5.97 Å². The molecular weight excluding hydrogens is 224 g/mol. The van der Waals surface area contributed by atoms with E-state index in [1.165, 1.54) is 11.3 Å². The number of carbonyl (C=O) groups is 1. The van der Waals surface area contributed by atoms with E-state index in [1.54, 1.807) is 5.38 Å². The molecule has 0 aliphatic carbocycles. The van der Waals surface area contributed by atoms with Gasteiger partial charge in [-0.05, 0) is 12.1 Å². The molecule has 4 nitrogen and oxygen atoms in total. The molecule has 0 saturated carbocycles. The molecule has 0 amide bonds. The first-order valence-corrected chi connectivity index (χ1v) is 5.55. The molecule has 2 N–H and O–H groups in total. The molecular formula is C11H10N2O2S. The van der Waals surface area contributed by atoms with Crippen LogP contribution in [0.3, 0.4) is 0 Å². The van der Waals surface area contributed by atoms with Gasteiger partial charge in [0, 0.05) is 23.7 Å². The molecule has 1 heterocycles. The van der Waals surface area contributed by atoms with Gasteiger partial charge in [0.1, 0.15) is 5.01 Å². The molecule has 16 heavy (non-hydrogen) atoms. The summed E-state index contributed by atoms with van der Waals surface area (Å²) in [5.74, 6) is -0.993. The molecule has 0 radical (unpaired) electrons. The number of thiazole rings is 1. The van der Waals surface area contributed by atoms with E-state index in [-0.39, 0.29) is 5.69 Å². The molecule has 82 valence electrons. The van der Waals surface area contributed by atoms with E-state index >= 15 is 0 Å². The molecule has 5 heteroatoms. The maximum Gasteiger partial charge on any atom is 0.355 e. The topological polar surface area (TPSA) is 62.2 Å². The summed E-state index contributed by atoms with van der Waals surface area (Å²) in [6.07, 6.45) is 0. The van der Waals surface area contributed by atoms with Crippen LogP contribution in [0.15, 0.2) is 29.6 Å². The maximum atomic E-state index is 10.7. The number of nitrogens with zero attached hydrogens (tertiary/aromatic N) is 1. The van der Waals surface area contributed by atoms with Gasteiger partial charge in [0.25, 0.3) is 0 Å². The number of hydrogen-bond donors (Lipinski definition) is 2. The Hall–Kier alpha value is -1.88. The molecule has 0 saturated heterocycles. The smallest absolute Gasteiger partial charge is 0.355 e. The third kappa shape index (κ3) is 2.04. The van der Waals surface area contributed by atoms with Gasteiger partial charge in [-0.15, -0.1) is 11.3 Å². The zero-order valence-corrected chi connectivity index (χ0v) is 9.41. The van der Waals surface area contributed by atoms with E-state index in [9.17, 15) is 4.79 Å². The minimum absolute atomic E-state index is 0.0925. The van der Waals surface area contributed by atoms with Crippen LogP contribution in [0.2, 0.25) is 0 Å². The standard InChI is InChI=1S/C11H10N2O2S/c1-12-8-4-2-3-7(5-8)10-13-9(6-16-10)11(14)15/h2-6,12H,1H3,(H,14,15).